The second-order valence-electron chi connectivity index (χ2n) is 10.1. The monoisotopic (exact) mass is 513 g/mol. The Hall–Kier alpha value is -5.21. The Morgan fingerprint density at radius 1 is 0.425 bits per heavy atom. The van der Waals surface area contributed by atoms with Gasteiger partial charge in [0.1, 0.15) is 5.52 Å². The van der Waals surface area contributed by atoms with Crippen LogP contribution in [0, 0.1) is 6.92 Å². The molecule has 2 heteroatoms. The molecule has 0 amide bonds. The van der Waals surface area contributed by atoms with E-state index in [1.165, 1.54) is 33.4 Å². The van der Waals surface area contributed by atoms with Crippen molar-refractivity contribution in [3.63, 3.8) is 0 Å². The molecule has 0 unspecified atom stereocenters. The topological polar surface area (TPSA) is 26.0 Å². The van der Waals surface area contributed by atoms with Crippen molar-refractivity contribution in [3.05, 3.63) is 151 Å². The molecular formula is C38H27NO. The summed E-state index contributed by atoms with van der Waals surface area (Å²) in [7, 11) is 0. The summed E-state index contributed by atoms with van der Waals surface area (Å²) in [5, 5.41) is 0. The average molecular weight is 514 g/mol. The van der Waals surface area contributed by atoms with Crippen LogP contribution in [0.25, 0.3) is 67.1 Å². The van der Waals surface area contributed by atoms with Crippen LogP contribution in [0.5, 0.6) is 0 Å². The van der Waals surface area contributed by atoms with E-state index in [1.54, 1.807) is 0 Å². The highest BCUT2D eigenvalue weighted by atomic mass is 16.3. The molecule has 1 heterocycles. The lowest BCUT2D eigenvalue weighted by Gasteiger charge is -2.13. The average Bonchev–Trinajstić information content (AvgIpc) is 3.46. The summed E-state index contributed by atoms with van der Waals surface area (Å²) < 4.78 is 6.21. The predicted molar refractivity (Wildman–Crippen MR) is 166 cm³/mol. The van der Waals surface area contributed by atoms with E-state index in [-0.39, 0.29) is 0 Å². The van der Waals surface area contributed by atoms with Gasteiger partial charge < -0.3 is 4.42 Å². The molecule has 0 bridgehead atoms. The van der Waals surface area contributed by atoms with Gasteiger partial charge in [-0.25, -0.2) is 4.98 Å². The summed E-state index contributed by atoms with van der Waals surface area (Å²) in [4.78, 5) is 4.82. The van der Waals surface area contributed by atoms with Gasteiger partial charge in [-0.2, -0.15) is 0 Å². The zero-order valence-corrected chi connectivity index (χ0v) is 22.2. The van der Waals surface area contributed by atoms with E-state index in [2.05, 4.69) is 122 Å². The number of oxazole rings is 1. The number of hydrogen-bond acceptors (Lipinski definition) is 2. The Bertz CT molecular complexity index is 1900. The van der Waals surface area contributed by atoms with Crippen LogP contribution < -0.4 is 0 Å². The predicted octanol–water partition coefficient (Wildman–Crippen LogP) is 10.5. The van der Waals surface area contributed by atoms with Crippen molar-refractivity contribution < 1.29 is 4.42 Å². The number of para-hydroxylation sites is 2. The number of benzene rings is 6. The minimum absolute atomic E-state index is 0.628. The molecule has 7 aromatic rings. The van der Waals surface area contributed by atoms with Crippen LogP contribution in [-0.2, 0) is 0 Å². The van der Waals surface area contributed by atoms with Crippen molar-refractivity contribution in [3.8, 4) is 56.0 Å². The highest BCUT2D eigenvalue weighted by molar-refractivity contribution is 5.84. The quantitative estimate of drug-likeness (QED) is 0.229. The van der Waals surface area contributed by atoms with Crippen LogP contribution in [0.4, 0.5) is 0 Å². The maximum absolute atomic E-state index is 6.21. The molecule has 0 aliphatic heterocycles. The Kier molecular flexibility index (Phi) is 6.07. The molecule has 0 atom stereocenters. The van der Waals surface area contributed by atoms with Crippen molar-refractivity contribution in [2.24, 2.45) is 0 Å². The molecule has 0 spiro atoms. The van der Waals surface area contributed by atoms with Crippen molar-refractivity contribution in [2.45, 2.75) is 6.92 Å². The SMILES string of the molecule is Cc1cc(-c2ccccc2)ccc1-c1cc(-c2ccc(-c3ccccc3)cc2)cc(-c2nc3ccccc3o2)c1. The maximum atomic E-state index is 6.21. The minimum atomic E-state index is 0.628. The highest BCUT2D eigenvalue weighted by Gasteiger charge is 2.14. The van der Waals surface area contributed by atoms with Crippen LogP contribution in [0.15, 0.2) is 150 Å². The number of aryl methyl sites for hydroxylation is 1. The van der Waals surface area contributed by atoms with E-state index >= 15 is 0 Å². The molecule has 2 nitrogen and oxygen atoms in total. The molecule has 0 aliphatic carbocycles. The van der Waals surface area contributed by atoms with Crippen LogP contribution >= 0.6 is 0 Å². The molecular weight excluding hydrogens is 486 g/mol. The molecule has 40 heavy (non-hydrogen) atoms. The van der Waals surface area contributed by atoms with Crippen molar-refractivity contribution in [2.75, 3.05) is 0 Å². The first-order valence-electron chi connectivity index (χ1n) is 13.5. The molecule has 1 aromatic heterocycles. The van der Waals surface area contributed by atoms with Gasteiger partial charge in [-0.05, 0) is 87.3 Å². The molecule has 0 aliphatic rings. The first kappa shape index (κ1) is 23.9. The maximum Gasteiger partial charge on any atom is 0.227 e. The lowest BCUT2D eigenvalue weighted by Crippen LogP contribution is -1.89. The van der Waals surface area contributed by atoms with Crippen LogP contribution in [0.3, 0.4) is 0 Å². The fraction of sp³-hybridized carbons (Fsp3) is 0.0263. The molecule has 0 saturated heterocycles. The molecule has 6 aromatic carbocycles. The highest BCUT2D eigenvalue weighted by Crippen LogP contribution is 2.36. The third-order valence-corrected chi connectivity index (χ3v) is 7.44. The largest absolute Gasteiger partial charge is 0.436 e. The second kappa shape index (κ2) is 10.2. The first-order valence-corrected chi connectivity index (χ1v) is 13.5. The summed E-state index contributed by atoms with van der Waals surface area (Å²) in [6.07, 6.45) is 0. The van der Waals surface area contributed by atoms with E-state index in [1.807, 2.05) is 30.3 Å². The zero-order chi connectivity index (χ0) is 26.9. The fourth-order valence-electron chi connectivity index (χ4n) is 5.35. The third kappa shape index (κ3) is 4.61. The second-order valence-corrected chi connectivity index (χ2v) is 10.1. The van der Waals surface area contributed by atoms with Gasteiger partial charge in [0.25, 0.3) is 0 Å². The van der Waals surface area contributed by atoms with Crippen LogP contribution in [-0.4, -0.2) is 4.98 Å². The summed E-state index contributed by atoms with van der Waals surface area (Å²) in [5.41, 5.74) is 13.3. The van der Waals surface area contributed by atoms with Crippen molar-refractivity contribution in [1.29, 1.82) is 0 Å². The van der Waals surface area contributed by atoms with Gasteiger partial charge in [-0.1, -0.05) is 115 Å². The van der Waals surface area contributed by atoms with Crippen molar-refractivity contribution >= 4 is 11.1 Å². The van der Waals surface area contributed by atoms with Crippen LogP contribution in [0.1, 0.15) is 5.56 Å². The molecule has 0 radical (unpaired) electrons. The third-order valence-electron chi connectivity index (χ3n) is 7.44. The molecule has 190 valence electrons. The number of rotatable bonds is 5. The Labute approximate surface area is 234 Å². The number of hydrogen-bond donors (Lipinski definition) is 0. The van der Waals surface area contributed by atoms with Crippen LogP contribution in [0.2, 0.25) is 0 Å². The lowest BCUT2D eigenvalue weighted by atomic mass is 9.91. The fourth-order valence-corrected chi connectivity index (χ4v) is 5.35. The van der Waals surface area contributed by atoms with Gasteiger partial charge in [0.2, 0.25) is 5.89 Å². The van der Waals surface area contributed by atoms with Gasteiger partial charge in [0.15, 0.2) is 5.58 Å². The summed E-state index contributed by atoms with van der Waals surface area (Å²) in [6.45, 7) is 2.18. The van der Waals surface area contributed by atoms with Gasteiger partial charge >= 0.3 is 0 Å². The van der Waals surface area contributed by atoms with Gasteiger partial charge in [0.05, 0.1) is 0 Å². The number of aromatic nitrogens is 1. The molecule has 7 rings (SSSR count). The van der Waals surface area contributed by atoms with E-state index in [0.29, 0.717) is 5.89 Å². The zero-order valence-electron chi connectivity index (χ0n) is 22.2. The van der Waals surface area contributed by atoms with Gasteiger partial charge in [-0.3, -0.25) is 0 Å². The lowest BCUT2D eigenvalue weighted by molar-refractivity contribution is 0.620. The normalized spacial score (nSPS) is 11.1. The van der Waals surface area contributed by atoms with E-state index < -0.39 is 0 Å². The van der Waals surface area contributed by atoms with E-state index in [0.717, 1.165) is 33.4 Å². The van der Waals surface area contributed by atoms with E-state index in [4.69, 9.17) is 9.40 Å². The van der Waals surface area contributed by atoms with E-state index in [9.17, 15) is 0 Å². The summed E-state index contributed by atoms with van der Waals surface area (Å²) in [6, 6.07) is 51.0. The smallest absolute Gasteiger partial charge is 0.227 e. The number of nitrogens with zero attached hydrogens (tertiary/aromatic N) is 1. The standard InChI is InChI=1S/C38H27NO/c1-26-22-31(28-12-6-3-7-13-28)20-21-35(26)33-23-32(30-18-16-29(17-19-30)27-10-4-2-5-11-27)24-34(25-33)38-39-36-14-8-9-15-37(36)40-38/h2-25H,1H3. The Morgan fingerprint density at radius 2 is 0.950 bits per heavy atom. The number of fused-ring (bicyclic) bond motifs is 1. The molecule has 0 N–H and O–H groups in total. The summed E-state index contributed by atoms with van der Waals surface area (Å²) >= 11 is 0. The van der Waals surface area contributed by atoms with Gasteiger partial charge in [0, 0.05) is 5.56 Å². The Morgan fingerprint density at radius 3 is 1.62 bits per heavy atom. The molecule has 0 saturated carbocycles. The summed E-state index contributed by atoms with van der Waals surface area (Å²) in [5.74, 6) is 0.628. The minimum Gasteiger partial charge on any atom is -0.436 e. The van der Waals surface area contributed by atoms with Crippen molar-refractivity contribution in [1.82, 2.24) is 4.98 Å². The molecule has 0 fully saturated rings. The first-order chi connectivity index (χ1) is 19.7. The Balaban J connectivity index is 1.35. The van der Waals surface area contributed by atoms with Gasteiger partial charge in [-0.15, -0.1) is 0 Å².